The van der Waals surface area contributed by atoms with Crippen LogP contribution in [0.25, 0.3) is 0 Å². The van der Waals surface area contributed by atoms with Crippen LogP contribution in [0.1, 0.15) is 4.88 Å². The Labute approximate surface area is 146 Å². The Morgan fingerprint density at radius 2 is 2.10 bits per heavy atom. The molecule has 2 N–H and O–H groups in total. The summed E-state index contributed by atoms with van der Waals surface area (Å²) >= 11 is 16.9. The molecule has 3 nitrogen and oxygen atoms in total. The van der Waals surface area contributed by atoms with Crippen LogP contribution in [0, 0.1) is 0 Å². The highest BCUT2D eigenvalue weighted by Crippen LogP contribution is 2.27. The van der Waals surface area contributed by atoms with Crippen LogP contribution in [0.5, 0.6) is 5.75 Å². The summed E-state index contributed by atoms with van der Waals surface area (Å²) < 4.78 is 6.57. The number of nitrogens with one attached hydrogen (secondary N) is 1. The van der Waals surface area contributed by atoms with E-state index in [9.17, 15) is 5.11 Å². The molecule has 0 fully saturated rings. The zero-order valence-electron chi connectivity index (χ0n) is 11.0. The SMILES string of the molecule is OC(CNCc1ccc(Br)s1)COc1ccc(Cl)cc1Cl. The van der Waals surface area contributed by atoms with E-state index in [0.717, 1.165) is 10.3 Å². The Bertz CT molecular complexity index is 594. The molecule has 2 rings (SSSR count). The molecule has 0 aliphatic carbocycles. The van der Waals surface area contributed by atoms with Gasteiger partial charge in [0.2, 0.25) is 0 Å². The van der Waals surface area contributed by atoms with E-state index >= 15 is 0 Å². The number of thiophene rings is 1. The van der Waals surface area contributed by atoms with E-state index in [1.54, 1.807) is 29.5 Å². The number of ether oxygens (including phenoxy) is 1. The fraction of sp³-hybridized carbons (Fsp3) is 0.286. The van der Waals surface area contributed by atoms with Gasteiger partial charge in [0, 0.05) is 23.0 Å². The normalized spacial score (nSPS) is 12.4. The monoisotopic (exact) mass is 409 g/mol. The van der Waals surface area contributed by atoms with E-state index in [1.807, 2.05) is 12.1 Å². The molecule has 2 aromatic rings. The van der Waals surface area contributed by atoms with Crippen molar-refractivity contribution in [3.63, 3.8) is 0 Å². The summed E-state index contributed by atoms with van der Waals surface area (Å²) in [5.74, 6) is 0.516. The number of aliphatic hydroxyl groups is 1. The number of aliphatic hydroxyl groups excluding tert-OH is 1. The summed E-state index contributed by atoms with van der Waals surface area (Å²) in [5, 5.41) is 14.0. The second kappa shape index (κ2) is 8.36. The van der Waals surface area contributed by atoms with Crippen LogP contribution in [-0.2, 0) is 6.54 Å². The van der Waals surface area contributed by atoms with Crippen LogP contribution in [0.15, 0.2) is 34.1 Å². The van der Waals surface area contributed by atoms with Gasteiger partial charge in [0.25, 0.3) is 0 Å². The fourth-order valence-corrected chi connectivity index (χ4v) is 3.56. The first kappa shape index (κ1) is 17.1. The van der Waals surface area contributed by atoms with Crippen LogP contribution < -0.4 is 10.1 Å². The number of halogens is 3. The first-order valence-corrected chi connectivity index (χ1v) is 8.62. The highest BCUT2D eigenvalue weighted by Gasteiger charge is 2.08. The average Bonchev–Trinajstić information content (AvgIpc) is 2.83. The van der Waals surface area contributed by atoms with Gasteiger partial charge >= 0.3 is 0 Å². The highest BCUT2D eigenvalue weighted by atomic mass is 79.9. The van der Waals surface area contributed by atoms with Gasteiger partial charge in [-0.3, -0.25) is 0 Å². The van der Waals surface area contributed by atoms with E-state index in [1.165, 1.54) is 4.88 Å². The molecule has 1 aromatic heterocycles. The molecule has 114 valence electrons. The molecule has 0 aliphatic heterocycles. The maximum absolute atomic E-state index is 9.88. The van der Waals surface area contributed by atoms with Crippen molar-refractivity contribution in [1.29, 1.82) is 0 Å². The molecule has 1 aromatic carbocycles. The predicted octanol–water partition coefficient (Wildman–Crippen LogP) is 4.35. The zero-order valence-corrected chi connectivity index (χ0v) is 14.9. The molecule has 1 unspecified atom stereocenters. The van der Waals surface area contributed by atoms with Gasteiger partial charge in [-0.25, -0.2) is 0 Å². The van der Waals surface area contributed by atoms with Crippen LogP contribution in [-0.4, -0.2) is 24.4 Å². The number of rotatable bonds is 7. The molecule has 0 saturated carbocycles. The van der Waals surface area contributed by atoms with Crippen molar-refractivity contribution >= 4 is 50.5 Å². The largest absolute Gasteiger partial charge is 0.489 e. The third-order valence-electron chi connectivity index (χ3n) is 2.63. The van der Waals surface area contributed by atoms with Gasteiger partial charge in [-0.05, 0) is 46.3 Å². The molecule has 21 heavy (non-hydrogen) atoms. The third-order valence-corrected chi connectivity index (χ3v) is 4.79. The first-order valence-electron chi connectivity index (χ1n) is 6.25. The molecule has 0 spiro atoms. The van der Waals surface area contributed by atoms with E-state index in [0.29, 0.717) is 22.3 Å². The number of hydrogen-bond donors (Lipinski definition) is 2. The molecule has 1 heterocycles. The minimum Gasteiger partial charge on any atom is -0.489 e. The molecule has 1 atom stereocenters. The lowest BCUT2D eigenvalue weighted by Gasteiger charge is -2.14. The molecular formula is C14H14BrCl2NO2S. The first-order chi connectivity index (χ1) is 10.0. The van der Waals surface area contributed by atoms with Gasteiger partial charge in [-0.2, -0.15) is 0 Å². The van der Waals surface area contributed by atoms with E-state index in [4.69, 9.17) is 27.9 Å². The average molecular weight is 411 g/mol. The van der Waals surface area contributed by atoms with Gasteiger partial charge in [-0.15, -0.1) is 11.3 Å². The van der Waals surface area contributed by atoms with E-state index < -0.39 is 6.10 Å². The molecule has 0 radical (unpaired) electrons. The lowest BCUT2D eigenvalue weighted by atomic mass is 10.3. The topological polar surface area (TPSA) is 41.5 Å². The third kappa shape index (κ3) is 5.77. The maximum atomic E-state index is 9.88. The molecule has 0 amide bonds. The minimum atomic E-state index is -0.611. The molecule has 0 aliphatic rings. The van der Waals surface area contributed by atoms with E-state index in [2.05, 4.69) is 21.2 Å². The predicted molar refractivity (Wildman–Crippen MR) is 91.7 cm³/mol. The Kier molecular flexibility index (Phi) is 6.79. The molecule has 0 bridgehead atoms. The van der Waals surface area contributed by atoms with Crippen LogP contribution in [0.2, 0.25) is 10.0 Å². The summed E-state index contributed by atoms with van der Waals surface area (Å²) in [6.07, 6.45) is -0.611. The zero-order chi connectivity index (χ0) is 15.2. The van der Waals surface area contributed by atoms with Crippen molar-refractivity contribution in [3.05, 3.63) is 49.0 Å². The second-order valence-corrected chi connectivity index (χ2v) is 7.77. The number of hydrogen-bond acceptors (Lipinski definition) is 4. The Hall–Kier alpha value is -0.300. The Morgan fingerprint density at radius 3 is 2.76 bits per heavy atom. The van der Waals surface area contributed by atoms with Gasteiger partial charge in [0.05, 0.1) is 8.81 Å². The van der Waals surface area contributed by atoms with Crippen molar-refractivity contribution in [3.8, 4) is 5.75 Å². The van der Waals surface area contributed by atoms with Crippen molar-refractivity contribution < 1.29 is 9.84 Å². The van der Waals surface area contributed by atoms with Crippen molar-refractivity contribution in [2.24, 2.45) is 0 Å². The van der Waals surface area contributed by atoms with Crippen molar-refractivity contribution in [1.82, 2.24) is 5.32 Å². The highest BCUT2D eigenvalue weighted by molar-refractivity contribution is 9.11. The summed E-state index contributed by atoms with van der Waals surface area (Å²) in [6, 6.07) is 9.04. The van der Waals surface area contributed by atoms with Crippen molar-refractivity contribution in [2.45, 2.75) is 12.6 Å². The standard InChI is InChI=1S/C14H14BrCl2NO2S/c15-14-4-2-11(21-14)7-18-6-10(19)8-20-13-3-1-9(16)5-12(13)17/h1-5,10,18-19H,6-8H2. The lowest BCUT2D eigenvalue weighted by Crippen LogP contribution is -2.31. The summed E-state index contributed by atoms with van der Waals surface area (Å²) in [7, 11) is 0. The summed E-state index contributed by atoms with van der Waals surface area (Å²) in [6.45, 7) is 1.33. The molecule has 0 saturated heterocycles. The van der Waals surface area contributed by atoms with Gasteiger partial charge < -0.3 is 15.2 Å². The van der Waals surface area contributed by atoms with Crippen molar-refractivity contribution in [2.75, 3.05) is 13.2 Å². The van der Waals surface area contributed by atoms with E-state index in [-0.39, 0.29) is 6.61 Å². The molecule has 7 heteroatoms. The van der Waals surface area contributed by atoms with Crippen LogP contribution >= 0.6 is 50.5 Å². The van der Waals surface area contributed by atoms with Gasteiger partial charge in [0.15, 0.2) is 0 Å². The summed E-state index contributed by atoms with van der Waals surface area (Å²) in [5.41, 5.74) is 0. The van der Waals surface area contributed by atoms with Crippen LogP contribution in [0.4, 0.5) is 0 Å². The maximum Gasteiger partial charge on any atom is 0.138 e. The Morgan fingerprint density at radius 1 is 1.29 bits per heavy atom. The van der Waals surface area contributed by atoms with Gasteiger partial charge in [-0.1, -0.05) is 23.2 Å². The minimum absolute atomic E-state index is 0.169. The molecular weight excluding hydrogens is 397 g/mol. The lowest BCUT2D eigenvalue weighted by molar-refractivity contribution is 0.106. The quantitative estimate of drug-likeness (QED) is 0.712. The summed E-state index contributed by atoms with van der Waals surface area (Å²) in [4.78, 5) is 1.20. The fourth-order valence-electron chi connectivity index (χ4n) is 1.65. The Balaban J connectivity index is 1.70. The number of benzene rings is 1. The van der Waals surface area contributed by atoms with Gasteiger partial charge in [0.1, 0.15) is 18.5 Å². The smallest absolute Gasteiger partial charge is 0.138 e. The second-order valence-electron chi connectivity index (χ2n) is 4.38. The van der Waals surface area contributed by atoms with Crippen LogP contribution in [0.3, 0.4) is 0 Å².